The average Bonchev–Trinajstić information content (AvgIpc) is 2.08. The highest BCUT2D eigenvalue weighted by Crippen LogP contribution is 2.13. The van der Waals surface area contributed by atoms with E-state index >= 15 is 0 Å². The van der Waals surface area contributed by atoms with Gasteiger partial charge in [-0.15, -0.1) is 0 Å². The van der Waals surface area contributed by atoms with Crippen LogP contribution in [-0.2, 0) is 6.42 Å². The second-order valence-corrected chi connectivity index (χ2v) is 2.65. The van der Waals surface area contributed by atoms with Crippen molar-refractivity contribution in [3.8, 4) is 0 Å². The van der Waals surface area contributed by atoms with Gasteiger partial charge in [-0.3, -0.25) is 0 Å². The van der Waals surface area contributed by atoms with E-state index in [0.29, 0.717) is 5.56 Å². The van der Waals surface area contributed by atoms with Crippen LogP contribution in [0.2, 0.25) is 0 Å². The van der Waals surface area contributed by atoms with E-state index in [1.807, 2.05) is 0 Å². The highest BCUT2D eigenvalue weighted by Gasteiger charge is 2.18. The number of hydrogen-bond donors (Lipinski definition) is 2. The standard InChI is InChI=1S/C8H10F2N2O/c9-7(10)6(13)4-5-2-1-3-12-8(5)11/h1-3,6-7,13H,4H2,(H2,11,12). The Bertz CT molecular complexity index is 281. The average molecular weight is 188 g/mol. The molecule has 0 amide bonds. The summed E-state index contributed by atoms with van der Waals surface area (Å²) in [5.41, 5.74) is 5.84. The lowest BCUT2D eigenvalue weighted by Gasteiger charge is -2.09. The Balaban J connectivity index is 2.69. The molecule has 0 saturated carbocycles. The molecule has 0 aliphatic rings. The van der Waals surface area contributed by atoms with Crippen LogP contribution in [0.15, 0.2) is 18.3 Å². The predicted molar refractivity (Wildman–Crippen MR) is 44.4 cm³/mol. The normalized spacial score (nSPS) is 13.2. The van der Waals surface area contributed by atoms with E-state index < -0.39 is 12.5 Å². The minimum absolute atomic E-state index is 0.169. The highest BCUT2D eigenvalue weighted by molar-refractivity contribution is 5.38. The SMILES string of the molecule is Nc1ncccc1CC(O)C(F)F. The molecule has 1 aromatic rings. The largest absolute Gasteiger partial charge is 0.387 e. The number of aromatic nitrogens is 1. The van der Waals surface area contributed by atoms with E-state index in [-0.39, 0.29) is 12.2 Å². The van der Waals surface area contributed by atoms with Crippen molar-refractivity contribution in [2.24, 2.45) is 0 Å². The quantitative estimate of drug-likeness (QED) is 0.738. The number of halogens is 2. The van der Waals surface area contributed by atoms with Gasteiger partial charge in [0.05, 0.1) is 0 Å². The van der Waals surface area contributed by atoms with Crippen LogP contribution < -0.4 is 5.73 Å². The van der Waals surface area contributed by atoms with Crippen LogP contribution in [0, 0.1) is 0 Å². The van der Waals surface area contributed by atoms with Gasteiger partial charge in [-0.1, -0.05) is 6.07 Å². The number of alkyl halides is 2. The van der Waals surface area contributed by atoms with Crippen molar-refractivity contribution < 1.29 is 13.9 Å². The molecule has 13 heavy (non-hydrogen) atoms. The Morgan fingerprint density at radius 1 is 1.54 bits per heavy atom. The Hall–Kier alpha value is -1.23. The zero-order valence-corrected chi connectivity index (χ0v) is 6.82. The molecule has 72 valence electrons. The van der Waals surface area contributed by atoms with Gasteiger partial charge in [0.1, 0.15) is 11.9 Å². The summed E-state index contributed by atoms with van der Waals surface area (Å²) in [6.45, 7) is 0. The number of rotatable bonds is 3. The van der Waals surface area contributed by atoms with Gasteiger partial charge in [0.25, 0.3) is 6.43 Å². The van der Waals surface area contributed by atoms with Crippen molar-refractivity contribution >= 4 is 5.82 Å². The number of anilines is 1. The van der Waals surface area contributed by atoms with Crippen molar-refractivity contribution in [2.45, 2.75) is 19.0 Å². The summed E-state index contributed by atoms with van der Waals surface area (Å²) in [5.74, 6) is 0.183. The maximum absolute atomic E-state index is 11.9. The molecule has 1 unspecified atom stereocenters. The molecule has 0 aliphatic heterocycles. The van der Waals surface area contributed by atoms with Crippen molar-refractivity contribution in [2.75, 3.05) is 5.73 Å². The summed E-state index contributed by atoms with van der Waals surface area (Å²) in [4.78, 5) is 3.71. The van der Waals surface area contributed by atoms with Gasteiger partial charge >= 0.3 is 0 Å². The van der Waals surface area contributed by atoms with Crippen molar-refractivity contribution in [3.63, 3.8) is 0 Å². The Kier molecular flexibility index (Phi) is 3.13. The lowest BCUT2D eigenvalue weighted by Crippen LogP contribution is -2.20. The molecular formula is C8H10F2N2O. The van der Waals surface area contributed by atoms with Gasteiger partial charge in [0.15, 0.2) is 0 Å². The van der Waals surface area contributed by atoms with E-state index in [1.54, 1.807) is 12.1 Å². The number of aliphatic hydroxyl groups is 1. The van der Waals surface area contributed by atoms with Gasteiger partial charge in [0.2, 0.25) is 0 Å². The van der Waals surface area contributed by atoms with Crippen LogP contribution >= 0.6 is 0 Å². The van der Waals surface area contributed by atoms with Crippen LogP contribution in [0.3, 0.4) is 0 Å². The molecule has 5 heteroatoms. The van der Waals surface area contributed by atoms with E-state index in [1.165, 1.54) is 6.20 Å². The summed E-state index contributed by atoms with van der Waals surface area (Å²) >= 11 is 0. The minimum atomic E-state index is -2.75. The highest BCUT2D eigenvalue weighted by atomic mass is 19.3. The summed E-state index contributed by atoms with van der Waals surface area (Å²) < 4.78 is 23.9. The van der Waals surface area contributed by atoms with Crippen molar-refractivity contribution in [1.82, 2.24) is 4.98 Å². The molecular weight excluding hydrogens is 178 g/mol. The maximum Gasteiger partial charge on any atom is 0.264 e. The van der Waals surface area contributed by atoms with Crippen molar-refractivity contribution in [3.05, 3.63) is 23.9 Å². The predicted octanol–water partition coefficient (Wildman–Crippen LogP) is 0.832. The van der Waals surface area contributed by atoms with Crippen molar-refractivity contribution in [1.29, 1.82) is 0 Å². The summed E-state index contributed by atoms with van der Waals surface area (Å²) in [6.07, 6.45) is -3.13. The molecule has 0 bridgehead atoms. The number of pyridine rings is 1. The topological polar surface area (TPSA) is 59.1 Å². The molecule has 0 aliphatic carbocycles. The number of nitrogens with zero attached hydrogens (tertiary/aromatic N) is 1. The van der Waals surface area contributed by atoms with E-state index in [4.69, 9.17) is 10.8 Å². The van der Waals surface area contributed by atoms with Crippen LogP contribution in [-0.4, -0.2) is 22.6 Å². The molecule has 0 spiro atoms. The fourth-order valence-corrected chi connectivity index (χ4v) is 0.938. The number of aliphatic hydroxyl groups excluding tert-OH is 1. The zero-order chi connectivity index (χ0) is 9.84. The molecule has 1 heterocycles. The fourth-order valence-electron chi connectivity index (χ4n) is 0.938. The minimum Gasteiger partial charge on any atom is -0.387 e. The lowest BCUT2D eigenvalue weighted by molar-refractivity contribution is -0.00359. The number of nitrogen functional groups attached to an aromatic ring is 1. The van der Waals surface area contributed by atoms with Gasteiger partial charge in [0, 0.05) is 12.6 Å². The first-order chi connectivity index (χ1) is 6.11. The third-order valence-electron chi connectivity index (χ3n) is 1.65. The van der Waals surface area contributed by atoms with Crippen LogP contribution in [0.5, 0.6) is 0 Å². The summed E-state index contributed by atoms with van der Waals surface area (Å²) in [7, 11) is 0. The van der Waals surface area contributed by atoms with E-state index in [9.17, 15) is 8.78 Å². The summed E-state index contributed by atoms with van der Waals surface area (Å²) in [5, 5.41) is 8.87. The third-order valence-corrected chi connectivity index (χ3v) is 1.65. The molecule has 1 atom stereocenters. The Labute approximate surface area is 74.2 Å². The lowest BCUT2D eigenvalue weighted by atomic mass is 10.1. The second-order valence-electron chi connectivity index (χ2n) is 2.65. The van der Waals surface area contributed by atoms with Gasteiger partial charge in [-0.05, 0) is 11.6 Å². The van der Waals surface area contributed by atoms with Crippen LogP contribution in [0.1, 0.15) is 5.56 Å². The molecule has 1 rings (SSSR count). The smallest absolute Gasteiger partial charge is 0.264 e. The monoisotopic (exact) mass is 188 g/mol. The number of nitrogens with two attached hydrogens (primary N) is 1. The molecule has 0 radical (unpaired) electrons. The fraction of sp³-hybridized carbons (Fsp3) is 0.375. The first-order valence-corrected chi connectivity index (χ1v) is 3.77. The second kappa shape index (κ2) is 4.13. The molecule has 1 aromatic heterocycles. The Morgan fingerprint density at radius 3 is 2.77 bits per heavy atom. The van der Waals surface area contributed by atoms with Gasteiger partial charge < -0.3 is 10.8 Å². The molecule has 0 aromatic carbocycles. The third kappa shape index (κ3) is 2.62. The van der Waals surface area contributed by atoms with Crippen LogP contribution in [0.4, 0.5) is 14.6 Å². The molecule has 3 N–H and O–H groups in total. The van der Waals surface area contributed by atoms with E-state index in [2.05, 4.69) is 4.98 Å². The zero-order valence-electron chi connectivity index (χ0n) is 6.82. The van der Waals surface area contributed by atoms with Crippen LogP contribution in [0.25, 0.3) is 0 Å². The van der Waals surface area contributed by atoms with Gasteiger partial charge in [-0.25, -0.2) is 13.8 Å². The van der Waals surface area contributed by atoms with Gasteiger partial charge in [-0.2, -0.15) is 0 Å². The molecule has 0 fully saturated rings. The maximum atomic E-state index is 11.9. The molecule has 3 nitrogen and oxygen atoms in total. The molecule has 0 saturated heterocycles. The first-order valence-electron chi connectivity index (χ1n) is 3.77. The summed E-state index contributed by atoms with van der Waals surface area (Å²) in [6, 6.07) is 3.15. The Morgan fingerprint density at radius 2 is 2.23 bits per heavy atom. The number of hydrogen-bond acceptors (Lipinski definition) is 3. The van der Waals surface area contributed by atoms with E-state index in [0.717, 1.165) is 0 Å². The first kappa shape index (κ1) is 9.85.